The summed E-state index contributed by atoms with van der Waals surface area (Å²) >= 11 is 0. The first kappa shape index (κ1) is 52.5. The average molecular weight is 1090 g/mol. The molecule has 0 unspecified atom stereocenters. The van der Waals surface area contributed by atoms with Crippen molar-refractivity contribution < 1.29 is 19.8 Å². The van der Waals surface area contributed by atoms with Crippen molar-refractivity contribution in [2.24, 2.45) is 56.4 Å². The van der Waals surface area contributed by atoms with Crippen molar-refractivity contribution >= 4 is 0 Å². The summed E-state index contributed by atoms with van der Waals surface area (Å²) < 4.78 is 19.6. The van der Waals surface area contributed by atoms with E-state index in [-0.39, 0.29) is 27.2 Å². The molecule has 0 saturated carbocycles. The van der Waals surface area contributed by atoms with Gasteiger partial charge in [0.1, 0.15) is 0 Å². The molecule has 0 radical (unpaired) electrons. The number of rotatable bonds is 9. The van der Waals surface area contributed by atoms with E-state index < -0.39 is 0 Å². The molecule has 68 heavy (non-hydrogen) atoms. The van der Waals surface area contributed by atoms with E-state index >= 15 is 0 Å². The Labute approximate surface area is 410 Å². The van der Waals surface area contributed by atoms with Crippen LogP contribution in [0.15, 0.2) is 124 Å². The average Bonchev–Trinajstić information content (AvgIpc) is 4.13. The second-order valence-electron chi connectivity index (χ2n) is 14.7. The van der Waals surface area contributed by atoms with Crippen molar-refractivity contribution in [2.75, 3.05) is 0 Å². The van der Waals surface area contributed by atoms with E-state index in [4.69, 9.17) is 12.8 Å². The number of aryl methyl sites for hydroxylation is 10. The Kier molecular flexibility index (Phi) is 19.7. The van der Waals surface area contributed by atoms with Gasteiger partial charge in [0, 0.05) is 226 Å². The molecule has 21 heteroatoms. The van der Waals surface area contributed by atoms with Gasteiger partial charge in [0.15, 0.2) is 58.2 Å². The van der Waals surface area contributed by atoms with Gasteiger partial charge in [-0.1, -0.05) is 7.43 Å². The molecule has 354 valence electrons. The second-order valence-corrected chi connectivity index (χ2v) is 14.7. The zero-order valence-electron chi connectivity index (χ0n) is 38.8. The molecule has 0 saturated heterocycles. The summed E-state index contributed by atoms with van der Waals surface area (Å²) in [6.07, 6.45) is 48.6. The van der Waals surface area contributed by atoms with Crippen LogP contribution in [0.5, 0.6) is 0 Å². The molecule has 0 N–H and O–H groups in total. The van der Waals surface area contributed by atoms with Crippen LogP contribution in [-0.2, 0) is 89.3 Å². The smallest absolute Gasteiger partial charge is 0.176 e. The molecule has 0 aliphatic carbocycles. The standard InChI is InChI=1S/2C11H12N4.3C8H10N4.CH4.Os/c2*1-3-4-7-15-9-6-13-11(15)10-12-5-8-14(10)2;3*1-11-5-3-9-7(11)8-10-4-6-12(8)2;;/h2*1,5-6,8-9H,4,7H2,2H3;3*3-6H,1-2H3;1H4;. The Hall–Kier alpha value is -8.14. The molecule has 0 spiro atoms. The van der Waals surface area contributed by atoms with Gasteiger partial charge in [-0.3, -0.25) is 0 Å². The maximum atomic E-state index is 5.24. The zero-order chi connectivity index (χ0) is 47.0. The van der Waals surface area contributed by atoms with Crippen molar-refractivity contribution in [1.29, 1.82) is 0 Å². The van der Waals surface area contributed by atoms with Crippen LogP contribution in [0, 0.1) is 24.7 Å². The zero-order valence-corrected chi connectivity index (χ0v) is 41.4. The van der Waals surface area contributed by atoms with Gasteiger partial charge in [0.25, 0.3) is 0 Å². The Morgan fingerprint density at radius 2 is 0.471 bits per heavy atom. The topological polar surface area (TPSA) is 178 Å². The van der Waals surface area contributed by atoms with E-state index in [2.05, 4.69) is 61.7 Å². The van der Waals surface area contributed by atoms with Crippen LogP contribution >= 0.6 is 0 Å². The largest absolute Gasteiger partial charge is 0.331 e. The quantitative estimate of drug-likeness (QED) is 0.163. The van der Waals surface area contributed by atoms with Crippen LogP contribution in [0.4, 0.5) is 0 Å². The Bertz CT molecular complexity index is 2710. The number of hydrogen-bond acceptors (Lipinski definition) is 10. The normalized spacial score (nSPS) is 10.0. The molecule has 0 fully saturated rings. The van der Waals surface area contributed by atoms with Crippen LogP contribution < -0.4 is 0 Å². The molecule has 10 aromatic heterocycles. The summed E-state index contributed by atoms with van der Waals surface area (Å²) in [4.78, 5) is 42.3. The minimum Gasteiger partial charge on any atom is -0.331 e. The van der Waals surface area contributed by atoms with E-state index in [1.807, 2.05) is 164 Å². The van der Waals surface area contributed by atoms with E-state index in [0.29, 0.717) is 12.8 Å². The Balaban J connectivity index is 0.000000185. The predicted octanol–water partition coefficient (Wildman–Crippen LogP) is 5.71. The molecule has 0 aliphatic heterocycles. The van der Waals surface area contributed by atoms with Crippen LogP contribution in [0.2, 0.25) is 0 Å². The van der Waals surface area contributed by atoms with Gasteiger partial charge in [-0.25, -0.2) is 49.8 Å². The molecule has 0 aliphatic rings. The molecular formula is C47H58N20Os. The first-order valence-electron chi connectivity index (χ1n) is 20.7. The summed E-state index contributed by atoms with van der Waals surface area (Å²) in [7, 11) is 15.6. The Morgan fingerprint density at radius 1 is 0.309 bits per heavy atom. The minimum absolute atomic E-state index is 0. The third kappa shape index (κ3) is 13.0. The second kappa shape index (κ2) is 25.5. The van der Waals surface area contributed by atoms with Crippen LogP contribution in [0.3, 0.4) is 0 Å². The van der Waals surface area contributed by atoms with Crippen molar-refractivity contribution in [3.05, 3.63) is 124 Å². The number of nitrogens with zero attached hydrogens (tertiary/aromatic N) is 20. The summed E-state index contributed by atoms with van der Waals surface area (Å²) in [5, 5.41) is 0. The molecule has 10 rings (SSSR count). The minimum atomic E-state index is 0. The Morgan fingerprint density at radius 3 is 0.632 bits per heavy atom. The van der Waals surface area contributed by atoms with Gasteiger partial charge < -0.3 is 45.7 Å². The van der Waals surface area contributed by atoms with Gasteiger partial charge in [-0.15, -0.1) is 24.7 Å². The number of terminal acetylenes is 2. The maximum absolute atomic E-state index is 5.24. The van der Waals surface area contributed by atoms with Crippen molar-refractivity contribution in [3.8, 4) is 82.9 Å². The fourth-order valence-corrected chi connectivity index (χ4v) is 6.41. The van der Waals surface area contributed by atoms with Gasteiger partial charge in [0.05, 0.1) is 0 Å². The number of aromatic nitrogens is 20. The van der Waals surface area contributed by atoms with Crippen LogP contribution in [0.1, 0.15) is 20.3 Å². The van der Waals surface area contributed by atoms with E-state index in [9.17, 15) is 0 Å². The predicted molar refractivity (Wildman–Crippen MR) is 259 cm³/mol. The van der Waals surface area contributed by atoms with E-state index in [0.717, 1.165) is 71.3 Å². The monoisotopic (exact) mass is 1090 g/mol. The third-order valence-corrected chi connectivity index (χ3v) is 9.99. The first-order chi connectivity index (χ1) is 32.0. The van der Waals surface area contributed by atoms with Gasteiger partial charge in [-0.2, -0.15) is 0 Å². The van der Waals surface area contributed by atoms with Crippen molar-refractivity contribution in [2.45, 2.75) is 33.4 Å². The number of imidazole rings is 10. The summed E-state index contributed by atoms with van der Waals surface area (Å²) in [5.41, 5.74) is 0. The van der Waals surface area contributed by atoms with Gasteiger partial charge in [0.2, 0.25) is 0 Å². The van der Waals surface area contributed by atoms with E-state index in [1.54, 1.807) is 62.0 Å². The summed E-state index contributed by atoms with van der Waals surface area (Å²) in [6.45, 7) is 1.55. The molecule has 10 heterocycles. The fourth-order valence-electron chi connectivity index (χ4n) is 6.41. The molecule has 0 bridgehead atoms. The van der Waals surface area contributed by atoms with Crippen molar-refractivity contribution in [1.82, 2.24) is 95.5 Å². The van der Waals surface area contributed by atoms with Crippen molar-refractivity contribution in [3.63, 3.8) is 0 Å². The molecule has 10 aromatic rings. The summed E-state index contributed by atoms with van der Waals surface area (Å²) in [5.74, 6) is 14.0. The molecule has 0 amide bonds. The maximum Gasteiger partial charge on any atom is 0.176 e. The number of hydrogen-bond donors (Lipinski definition) is 0. The first-order valence-corrected chi connectivity index (χ1v) is 20.7. The molecule has 0 aromatic carbocycles. The molecular weight excluding hydrogens is 1030 g/mol. The van der Waals surface area contributed by atoms with Crippen LogP contribution in [-0.4, -0.2) is 95.5 Å². The van der Waals surface area contributed by atoms with Gasteiger partial charge >= 0.3 is 0 Å². The van der Waals surface area contributed by atoms with Crippen LogP contribution in [0.25, 0.3) is 58.2 Å². The van der Waals surface area contributed by atoms with E-state index in [1.165, 1.54) is 0 Å². The SMILES string of the molecule is C.C#CCCn1ccnc1-c1nccn1C.C#CCCn1ccnc1-c1nccn1C.Cn1ccnc1-c1nccn1C.Cn1ccnc1-c1nccn1C.Cn1ccnc1-c1nccn1C.[Os]. The third-order valence-electron chi connectivity index (χ3n) is 9.99. The summed E-state index contributed by atoms with van der Waals surface area (Å²) in [6, 6.07) is 0. The van der Waals surface area contributed by atoms with Gasteiger partial charge in [-0.05, 0) is 0 Å². The fraction of sp³-hybridized carbons (Fsp3) is 0.277. The molecule has 0 atom stereocenters. The molecule has 20 nitrogen and oxygen atoms in total.